The second kappa shape index (κ2) is 6.71. The first kappa shape index (κ1) is 18.6. The molecular weight excluding hydrogens is 340 g/mol. The van der Waals surface area contributed by atoms with Crippen LogP contribution in [0.25, 0.3) is 0 Å². The van der Waals surface area contributed by atoms with Crippen molar-refractivity contribution >= 4 is 5.97 Å². The highest BCUT2D eigenvalue weighted by molar-refractivity contribution is 5.66. The van der Waals surface area contributed by atoms with Crippen molar-refractivity contribution in [1.82, 2.24) is 0 Å². The number of carboxylic acids is 1. The van der Waals surface area contributed by atoms with Gasteiger partial charge in [-0.15, -0.1) is 0 Å². The second-order valence-corrected chi connectivity index (χ2v) is 8.64. The third kappa shape index (κ3) is 2.88. The number of fused-ring (bicyclic) bond motifs is 2. The Bertz CT molecular complexity index is 554. The summed E-state index contributed by atoms with van der Waals surface area (Å²) < 4.78 is 18.5. The van der Waals surface area contributed by atoms with Crippen molar-refractivity contribution in [2.45, 2.75) is 83.3 Å². The summed E-state index contributed by atoms with van der Waals surface area (Å²) in [5.41, 5.74) is -0.575. The molecular formula is C19H30O7. The lowest BCUT2D eigenvalue weighted by Crippen LogP contribution is -2.70. The fourth-order valence-corrected chi connectivity index (χ4v) is 5.49. The van der Waals surface area contributed by atoms with Gasteiger partial charge in [-0.2, -0.15) is 0 Å². The van der Waals surface area contributed by atoms with Gasteiger partial charge in [0.05, 0.1) is 6.61 Å². The number of ether oxygens (including phenoxy) is 3. The smallest absolute Gasteiger partial charge is 0.303 e. The predicted octanol–water partition coefficient (Wildman–Crippen LogP) is 3.08. The second-order valence-electron chi connectivity index (χ2n) is 8.64. The highest BCUT2D eigenvalue weighted by Gasteiger charge is 2.69. The Morgan fingerprint density at radius 2 is 2.00 bits per heavy atom. The summed E-state index contributed by atoms with van der Waals surface area (Å²) in [7, 11) is 0. The van der Waals surface area contributed by atoms with Crippen LogP contribution in [0.2, 0.25) is 0 Å². The Balaban J connectivity index is 1.55. The minimum Gasteiger partial charge on any atom is -0.481 e. The van der Waals surface area contributed by atoms with Gasteiger partial charge in [0.25, 0.3) is 0 Å². The molecule has 26 heavy (non-hydrogen) atoms. The fraction of sp³-hybridized carbons (Fsp3) is 0.947. The van der Waals surface area contributed by atoms with E-state index in [4.69, 9.17) is 29.1 Å². The molecule has 4 aliphatic heterocycles. The normalized spacial score (nSPS) is 50.1. The molecule has 1 spiro atoms. The Morgan fingerprint density at radius 1 is 1.19 bits per heavy atom. The summed E-state index contributed by atoms with van der Waals surface area (Å²) in [6.07, 6.45) is 3.62. The largest absolute Gasteiger partial charge is 0.481 e. The van der Waals surface area contributed by atoms with Gasteiger partial charge in [-0.1, -0.05) is 13.8 Å². The van der Waals surface area contributed by atoms with Crippen molar-refractivity contribution < 1.29 is 33.9 Å². The molecule has 0 aromatic heterocycles. The van der Waals surface area contributed by atoms with Crippen molar-refractivity contribution in [1.29, 1.82) is 0 Å². The number of rotatable bonds is 5. The van der Waals surface area contributed by atoms with Crippen LogP contribution < -0.4 is 0 Å². The molecule has 0 aromatic rings. The van der Waals surface area contributed by atoms with E-state index in [1.54, 1.807) is 0 Å². The molecule has 1 aliphatic carbocycles. The fourth-order valence-electron chi connectivity index (χ4n) is 5.49. The van der Waals surface area contributed by atoms with Crippen LogP contribution in [0, 0.1) is 23.7 Å². The Kier molecular flexibility index (Phi) is 4.80. The van der Waals surface area contributed by atoms with Crippen molar-refractivity contribution in [3.63, 3.8) is 0 Å². The van der Waals surface area contributed by atoms with Crippen LogP contribution in [-0.2, 0) is 28.8 Å². The maximum atomic E-state index is 10.7. The average molecular weight is 370 g/mol. The highest BCUT2D eigenvalue weighted by atomic mass is 17.3. The molecule has 0 radical (unpaired) electrons. The maximum Gasteiger partial charge on any atom is 0.303 e. The Hall–Kier alpha value is -0.730. The van der Waals surface area contributed by atoms with Gasteiger partial charge in [-0.05, 0) is 44.4 Å². The summed E-state index contributed by atoms with van der Waals surface area (Å²) in [5.74, 6) is -0.366. The minimum absolute atomic E-state index is 0.100. The van der Waals surface area contributed by atoms with Crippen LogP contribution in [0.5, 0.6) is 0 Å². The monoisotopic (exact) mass is 370 g/mol. The standard InChI is InChI=1S/C19H30O7/c1-11-6-7-14-12(2)16(22-10-4-5-15(20)21)23-17-19(14)13(11)8-9-18(3,24-17)25-26-19/h11-14,16-17H,4-10H2,1-3H3,(H,20,21)/t11-,12-,13+,14+,16+,17-,18?,19?/m1/s1. The molecule has 4 heterocycles. The molecule has 8 atom stereocenters. The van der Waals surface area contributed by atoms with Crippen LogP contribution >= 0.6 is 0 Å². The van der Waals surface area contributed by atoms with Crippen LogP contribution in [0.15, 0.2) is 0 Å². The van der Waals surface area contributed by atoms with E-state index in [0.717, 1.165) is 25.7 Å². The number of carbonyl (C=O) groups is 1. The Labute approximate surface area is 154 Å². The quantitative estimate of drug-likeness (QED) is 0.588. The SMILES string of the molecule is C[C@H]1[C@@H](OCCCC(=O)O)O[C@@H]2OC3(C)CC[C@H]4[C@H](C)CC[C@@H]1C24OO3. The van der Waals surface area contributed by atoms with Crippen LogP contribution in [0.4, 0.5) is 0 Å². The molecule has 1 saturated carbocycles. The predicted molar refractivity (Wildman–Crippen MR) is 89.6 cm³/mol. The van der Waals surface area contributed by atoms with Gasteiger partial charge in [0.2, 0.25) is 5.79 Å². The summed E-state index contributed by atoms with van der Waals surface area (Å²) >= 11 is 0. The summed E-state index contributed by atoms with van der Waals surface area (Å²) in [6, 6.07) is 0. The maximum absolute atomic E-state index is 10.7. The minimum atomic E-state index is -0.808. The first-order valence-electron chi connectivity index (χ1n) is 9.89. The van der Waals surface area contributed by atoms with Gasteiger partial charge in [0.15, 0.2) is 18.2 Å². The first-order chi connectivity index (χ1) is 12.4. The van der Waals surface area contributed by atoms with E-state index in [2.05, 4.69) is 13.8 Å². The molecule has 148 valence electrons. The summed E-state index contributed by atoms with van der Waals surface area (Å²) in [6.45, 7) is 6.69. The average Bonchev–Trinajstić information content (AvgIpc) is 2.82. The van der Waals surface area contributed by atoms with Crippen LogP contribution in [0.1, 0.15) is 59.3 Å². The zero-order valence-corrected chi connectivity index (χ0v) is 15.8. The third-order valence-corrected chi connectivity index (χ3v) is 6.91. The molecule has 5 fully saturated rings. The van der Waals surface area contributed by atoms with Gasteiger partial charge >= 0.3 is 5.97 Å². The molecule has 7 heteroatoms. The number of hydrogen-bond donors (Lipinski definition) is 1. The van der Waals surface area contributed by atoms with E-state index in [9.17, 15) is 4.79 Å². The van der Waals surface area contributed by atoms with E-state index in [1.165, 1.54) is 0 Å². The van der Waals surface area contributed by atoms with E-state index in [-0.39, 0.29) is 18.3 Å². The van der Waals surface area contributed by atoms with Crippen LogP contribution in [-0.4, -0.2) is 41.7 Å². The number of aliphatic carboxylic acids is 1. The molecule has 0 aromatic carbocycles. The highest BCUT2D eigenvalue weighted by Crippen LogP contribution is 2.60. The van der Waals surface area contributed by atoms with Gasteiger partial charge < -0.3 is 19.3 Å². The third-order valence-electron chi connectivity index (χ3n) is 6.91. The van der Waals surface area contributed by atoms with E-state index < -0.39 is 29.9 Å². The number of carboxylic acid groups (broad SMARTS) is 1. The lowest BCUT2D eigenvalue weighted by Gasteiger charge is -2.60. The van der Waals surface area contributed by atoms with Crippen molar-refractivity contribution in [2.24, 2.45) is 23.7 Å². The summed E-state index contributed by atoms with van der Waals surface area (Å²) in [4.78, 5) is 22.6. The van der Waals surface area contributed by atoms with Gasteiger partial charge in [0, 0.05) is 24.7 Å². The van der Waals surface area contributed by atoms with E-state index in [1.807, 2.05) is 6.92 Å². The lowest BCUT2D eigenvalue weighted by molar-refractivity contribution is -0.577. The van der Waals surface area contributed by atoms with Crippen LogP contribution in [0.3, 0.4) is 0 Å². The topological polar surface area (TPSA) is 83.5 Å². The molecule has 7 nitrogen and oxygen atoms in total. The lowest BCUT2D eigenvalue weighted by atomic mass is 9.58. The molecule has 0 amide bonds. The molecule has 1 N–H and O–H groups in total. The molecule has 5 rings (SSSR count). The van der Waals surface area contributed by atoms with E-state index in [0.29, 0.717) is 24.9 Å². The molecule has 4 saturated heterocycles. The molecule has 2 bridgehead atoms. The summed E-state index contributed by atoms with van der Waals surface area (Å²) in [5, 5.41) is 8.79. The first-order valence-corrected chi connectivity index (χ1v) is 9.89. The van der Waals surface area contributed by atoms with Gasteiger partial charge in [-0.3, -0.25) is 4.79 Å². The molecule has 5 aliphatic rings. The van der Waals surface area contributed by atoms with Gasteiger partial charge in [-0.25, -0.2) is 9.78 Å². The van der Waals surface area contributed by atoms with Crippen molar-refractivity contribution in [2.75, 3.05) is 6.61 Å². The van der Waals surface area contributed by atoms with Gasteiger partial charge in [0.1, 0.15) is 0 Å². The zero-order chi connectivity index (χ0) is 18.5. The zero-order valence-electron chi connectivity index (χ0n) is 15.8. The van der Waals surface area contributed by atoms with Crippen molar-refractivity contribution in [3.8, 4) is 0 Å². The van der Waals surface area contributed by atoms with E-state index >= 15 is 0 Å². The molecule has 2 unspecified atom stereocenters. The Morgan fingerprint density at radius 3 is 2.77 bits per heavy atom. The number of hydrogen-bond acceptors (Lipinski definition) is 6. The van der Waals surface area contributed by atoms with Crippen molar-refractivity contribution in [3.05, 3.63) is 0 Å².